The molecule has 1 aliphatic heterocycles. The van der Waals surface area contributed by atoms with Crippen molar-refractivity contribution in [1.82, 2.24) is 9.97 Å². The molecule has 3 aromatic carbocycles. The lowest BCUT2D eigenvalue weighted by atomic mass is 9.85. The average Bonchev–Trinajstić information content (AvgIpc) is 3.41. The van der Waals surface area contributed by atoms with Crippen molar-refractivity contribution in [2.45, 2.75) is 46.1 Å². The number of aryl methyl sites for hydroxylation is 1. The molecule has 0 spiro atoms. The Morgan fingerprint density at radius 3 is 2.47 bits per heavy atom. The zero-order valence-corrected chi connectivity index (χ0v) is 22.2. The summed E-state index contributed by atoms with van der Waals surface area (Å²) < 4.78 is 5.59. The Morgan fingerprint density at radius 1 is 1.05 bits per heavy atom. The summed E-state index contributed by atoms with van der Waals surface area (Å²) >= 11 is 0. The van der Waals surface area contributed by atoms with E-state index in [2.05, 4.69) is 30.7 Å². The molecule has 1 aliphatic rings. The lowest BCUT2D eigenvalue weighted by molar-refractivity contribution is -0.132. The number of hydrogen-bond acceptors (Lipinski definition) is 5. The predicted octanol–water partition coefficient (Wildman–Crippen LogP) is 6.19. The number of anilines is 1. The molecule has 1 unspecified atom stereocenters. The number of hydrogen-bond donors (Lipinski definition) is 2. The van der Waals surface area contributed by atoms with Crippen molar-refractivity contribution in [2.24, 2.45) is 0 Å². The number of carbonyl (C=O) groups excluding carboxylic acids is 2. The molecule has 2 N–H and O–H groups in total. The highest BCUT2D eigenvalue weighted by atomic mass is 16.5. The number of aromatic nitrogens is 2. The molecule has 0 bridgehead atoms. The van der Waals surface area contributed by atoms with Gasteiger partial charge in [0.1, 0.15) is 11.5 Å². The molecule has 0 aliphatic carbocycles. The van der Waals surface area contributed by atoms with E-state index >= 15 is 0 Å². The molecule has 194 valence electrons. The van der Waals surface area contributed by atoms with Crippen LogP contribution in [0.5, 0.6) is 5.75 Å². The van der Waals surface area contributed by atoms with Gasteiger partial charge in [0.25, 0.3) is 5.78 Å². The summed E-state index contributed by atoms with van der Waals surface area (Å²) in [6.07, 6.45) is 0. The summed E-state index contributed by atoms with van der Waals surface area (Å²) in [7, 11) is 0. The number of benzene rings is 3. The van der Waals surface area contributed by atoms with Crippen LogP contribution in [0.25, 0.3) is 16.8 Å². The number of rotatable bonds is 5. The maximum atomic E-state index is 13.5. The van der Waals surface area contributed by atoms with Gasteiger partial charge in [0.15, 0.2) is 0 Å². The van der Waals surface area contributed by atoms with E-state index in [1.54, 1.807) is 24.3 Å². The minimum Gasteiger partial charge on any atom is -0.507 e. The average molecular weight is 510 g/mol. The fourth-order valence-corrected chi connectivity index (χ4v) is 4.81. The Kier molecular flexibility index (Phi) is 6.31. The molecule has 0 radical (unpaired) electrons. The van der Waals surface area contributed by atoms with E-state index in [1.807, 2.05) is 56.3 Å². The SMILES string of the molecule is CCOc1cccc(/C(O)=C2\C(=O)C(=O)N(c3nc4ccc(C)cc4[nH]3)C2c2ccc(C(C)(C)C)cc2)c1. The van der Waals surface area contributed by atoms with Gasteiger partial charge in [-0.2, -0.15) is 0 Å². The number of fused-ring (bicyclic) bond motifs is 1. The highest BCUT2D eigenvalue weighted by molar-refractivity contribution is 6.51. The number of aliphatic hydroxyl groups is 1. The van der Waals surface area contributed by atoms with Crippen LogP contribution >= 0.6 is 0 Å². The third-order valence-electron chi connectivity index (χ3n) is 6.81. The van der Waals surface area contributed by atoms with E-state index in [0.29, 0.717) is 29.0 Å². The monoisotopic (exact) mass is 509 g/mol. The van der Waals surface area contributed by atoms with E-state index in [0.717, 1.165) is 16.6 Å². The number of nitrogens with zero attached hydrogens (tertiary/aromatic N) is 2. The second-order valence-electron chi connectivity index (χ2n) is 10.6. The number of imidazole rings is 1. The molecule has 1 saturated heterocycles. The first-order valence-corrected chi connectivity index (χ1v) is 12.7. The summed E-state index contributed by atoms with van der Waals surface area (Å²) in [5.74, 6) is -0.979. The van der Waals surface area contributed by atoms with Crippen LogP contribution in [0, 0.1) is 6.92 Å². The van der Waals surface area contributed by atoms with Gasteiger partial charge < -0.3 is 14.8 Å². The standard InChI is InChI=1S/C31H31N3O4/c1-6-38-22-9-7-8-20(17-22)27(35)25-26(19-11-13-21(14-12-19)31(3,4)5)34(29(37)28(25)36)30-32-23-15-10-18(2)16-24(23)33-30/h7-17,26,35H,6H2,1-5H3,(H,32,33)/b27-25+. The number of aromatic amines is 1. The zero-order valence-electron chi connectivity index (χ0n) is 22.2. The van der Waals surface area contributed by atoms with Crippen LogP contribution in [-0.4, -0.2) is 33.4 Å². The van der Waals surface area contributed by atoms with Crippen molar-refractivity contribution in [1.29, 1.82) is 0 Å². The van der Waals surface area contributed by atoms with Gasteiger partial charge in [0.05, 0.1) is 29.3 Å². The summed E-state index contributed by atoms with van der Waals surface area (Å²) in [5, 5.41) is 11.5. The Morgan fingerprint density at radius 2 is 1.79 bits per heavy atom. The van der Waals surface area contributed by atoms with E-state index in [1.165, 1.54) is 4.90 Å². The minimum absolute atomic E-state index is 0.00351. The first kappa shape index (κ1) is 25.3. The van der Waals surface area contributed by atoms with Crippen molar-refractivity contribution < 1.29 is 19.4 Å². The van der Waals surface area contributed by atoms with Gasteiger partial charge in [-0.05, 0) is 60.2 Å². The third kappa shape index (κ3) is 4.45. The number of amides is 1. The second-order valence-corrected chi connectivity index (χ2v) is 10.6. The molecule has 1 atom stereocenters. The largest absolute Gasteiger partial charge is 0.507 e. The predicted molar refractivity (Wildman–Crippen MR) is 148 cm³/mol. The maximum Gasteiger partial charge on any atom is 0.302 e. The van der Waals surface area contributed by atoms with E-state index in [9.17, 15) is 14.7 Å². The topological polar surface area (TPSA) is 95.5 Å². The molecule has 2 heterocycles. The Labute approximate surface area is 221 Å². The fraction of sp³-hybridized carbons (Fsp3) is 0.258. The molecule has 1 aromatic heterocycles. The van der Waals surface area contributed by atoms with Crippen molar-refractivity contribution in [3.05, 3.63) is 94.6 Å². The molecule has 38 heavy (non-hydrogen) atoms. The highest BCUT2D eigenvalue weighted by Gasteiger charge is 2.48. The molecule has 7 nitrogen and oxygen atoms in total. The minimum atomic E-state index is -0.874. The van der Waals surface area contributed by atoms with Crippen molar-refractivity contribution in [2.75, 3.05) is 11.5 Å². The van der Waals surface area contributed by atoms with Gasteiger partial charge in [0, 0.05) is 5.56 Å². The Hall–Kier alpha value is -4.39. The van der Waals surface area contributed by atoms with E-state index in [-0.39, 0.29) is 22.7 Å². The van der Waals surface area contributed by atoms with Crippen LogP contribution in [0.3, 0.4) is 0 Å². The van der Waals surface area contributed by atoms with Crippen LogP contribution in [0.1, 0.15) is 56.0 Å². The van der Waals surface area contributed by atoms with Gasteiger partial charge in [-0.1, -0.05) is 63.2 Å². The first-order valence-electron chi connectivity index (χ1n) is 12.7. The number of carbonyl (C=O) groups is 2. The number of H-pyrrole nitrogens is 1. The fourth-order valence-electron chi connectivity index (χ4n) is 4.81. The smallest absolute Gasteiger partial charge is 0.302 e. The molecular weight excluding hydrogens is 478 g/mol. The van der Waals surface area contributed by atoms with Gasteiger partial charge >= 0.3 is 5.91 Å². The third-order valence-corrected chi connectivity index (χ3v) is 6.81. The summed E-state index contributed by atoms with van der Waals surface area (Å²) in [4.78, 5) is 36.2. The van der Waals surface area contributed by atoms with Gasteiger partial charge in [-0.15, -0.1) is 0 Å². The Balaban J connectivity index is 1.70. The van der Waals surface area contributed by atoms with Crippen LogP contribution < -0.4 is 9.64 Å². The van der Waals surface area contributed by atoms with Crippen molar-refractivity contribution >= 4 is 34.4 Å². The van der Waals surface area contributed by atoms with Crippen LogP contribution in [0.15, 0.2) is 72.3 Å². The van der Waals surface area contributed by atoms with Gasteiger partial charge in [-0.25, -0.2) is 4.98 Å². The van der Waals surface area contributed by atoms with Gasteiger partial charge in [-0.3, -0.25) is 14.5 Å². The number of aliphatic hydroxyl groups excluding tert-OH is 1. The van der Waals surface area contributed by atoms with Crippen LogP contribution in [0.2, 0.25) is 0 Å². The van der Waals surface area contributed by atoms with Crippen LogP contribution in [0.4, 0.5) is 5.95 Å². The maximum absolute atomic E-state index is 13.5. The van der Waals surface area contributed by atoms with Gasteiger partial charge in [0.2, 0.25) is 5.95 Å². The summed E-state index contributed by atoms with van der Waals surface area (Å²) in [6, 6.07) is 19.5. The van der Waals surface area contributed by atoms with Crippen LogP contribution in [-0.2, 0) is 15.0 Å². The number of nitrogens with one attached hydrogen (secondary N) is 1. The molecule has 5 rings (SSSR count). The number of ether oxygens (including phenoxy) is 1. The second kappa shape index (κ2) is 9.49. The zero-order chi connectivity index (χ0) is 27.2. The lowest BCUT2D eigenvalue weighted by Crippen LogP contribution is -2.30. The summed E-state index contributed by atoms with van der Waals surface area (Å²) in [5.41, 5.74) is 4.61. The molecular formula is C31H31N3O4. The molecule has 1 fully saturated rings. The highest BCUT2D eigenvalue weighted by Crippen LogP contribution is 2.42. The van der Waals surface area contributed by atoms with Crippen molar-refractivity contribution in [3.63, 3.8) is 0 Å². The van der Waals surface area contributed by atoms with E-state index in [4.69, 9.17) is 4.74 Å². The summed E-state index contributed by atoms with van der Waals surface area (Å²) in [6.45, 7) is 10.7. The van der Waals surface area contributed by atoms with Crippen molar-refractivity contribution in [3.8, 4) is 5.75 Å². The number of ketones is 1. The molecule has 1 amide bonds. The molecule has 7 heteroatoms. The molecule has 4 aromatic rings. The molecule has 0 saturated carbocycles. The first-order chi connectivity index (χ1) is 18.1. The number of Topliss-reactive ketones (excluding diaryl/α,β-unsaturated/α-hetero) is 1. The lowest BCUT2D eigenvalue weighted by Gasteiger charge is -2.25. The van der Waals surface area contributed by atoms with E-state index < -0.39 is 17.7 Å². The quantitative estimate of drug-likeness (QED) is 0.190. The Bertz CT molecular complexity index is 1570. The normalized spacial score (nSPS) is 17.4.